The fourth-order valence-electron chi connectivity index (χ4n) is 5.42. The molecule has 2 saturated heterocycles. The van der Waals surface area contributed by atoms with Crippen molar-refractivity contribution >= 4 is 35.2 Å². The highest BCUT2D eigenvalue weighted by Gasteiger charge is 2.40. The minimum Gasteiger partial charge on any atom is -0.342 e. The summed E-state index contributed by atoms with van der Waals surface area (Å²) in [5.74, 6) is -1.74. The van der Waals surface area contributed by atoms with Gasteiger partial charge in [-0.15, -0.1) is 0 Å². The van der Waals surface area contributed by atoms with Crippen LogP contribution in [0.5, 0.6) is 0 Å². The van der Waals surface area contributed by atoms with Gasteiger partial charge in [0.15, 0.2) is 0 Å². The molecule has 5 rings (SSSR count). The maximum Gasteiger partial charge on any atom is 0.246 e. The fourth-order valence-corrected chi connectivity index (χ4v) is 5.64. The SMILES string of the molecule is O=C1N[C@H](Cc2ccccc2Cl)C(=O)N[C@@H](Cc2cccnc2)C(=O)N2CCC[C@@H]2C(=O)N[C@H]1Cc1ccccc1. The second kappa shape index (κ2) is 13.0. The standard InChI is InChI=1S/C31H32ClN5O4/c32-23-12-5-4-11-22(23)18-25-29(39)36-26(17-21-10-6-14-33-19-21)31(41)37-15-7-13-27(37)30(40)35-24(28(38)34-25)16-20-8-2-1-3-9-20/h1-6,8-12,14,19,24-27H,7,13,15-18H2,(H,34,38)(H,35,40)(H,36,39)/t24-,25+,26-,27+/m0/s1. The van der Waals surface area contributed by atoms with Crippen LogP contribution in [0, 0.1) is 0 Å². The molecule has 10 heteroatoms. The Labute approximate surface area is 243 Å². The van der Waals surface area contributed by atoms with Crippen molar-refractivity contribution in [3.8, 4) is 0 Å². The number of carbonyl (C=O) groups is 4. The molecule has 2 aliphatic heterocycles. The average Bonchev–Trinajstić information content (AvgIpc) is 3.48. The van der Waals surface area contributed by atoms with E-state index in [9.17, 15) is 19.2 Å². The molecule has 0 radical (unpaired) electrons. The normalized spacial score (nSPS) is 23.5. The van der Waals surface area contributed by atoms with Crippen LogP contribution >= 0.6 is 11.6 Å². The van der Waals surface area contributed by atoms with Crippen LogP contribution in [-0.2, 0) is 38.4 Å². The van der Waals surface area contributed by atoms with Crippen LogP contribution in [0.15, 0.2) is 79.1 Å². The first-order valence-electron chi connectivity index (χ1n) is 13.8. The Morgan fingerprint density at radius 1 is 0.732 bits per heavy atom. The molecule has 2 aromatic carbocycles. The van der Waals surface area contributed by atoms with E-state index >= 15 is 0 Å². The maximum absolute atomic E-state index is 13.9. The van der Waals surface area contributed by atoms with Gasteiger partial charge >= 0.3 is 0 Å². The number of nitrogens with one attached hydrogen (secondary N) is 3. The van der Waals surface area contributed by atoms with E-state index in [1.807, 2.05) is 36.4 Å². The first-order chi connectivity index (χ1) is 19.9. The van der Waals surface area contributed by atoms with Gasteiger partial charge in [0.25, 0.3) is 0 Å². The van der Waals surface area contributed by atoms with E-state index in [0.717, 1.165) is 11.1 Å². The van der Waals surface area contributed by atoms with Crippen LogP contribution in [-0.4, -0.2) is 64.2 Å². The van der Waals surface area contributed by atoms with E-state index in [4.69, 9.17) is 11.6 Å². The van der Waals surface area contributed by atoms with Crippen LogP contribution in [0.2, 0.25) is 5.02 Å². The molecule has 2 fully saturated rings. The number of rotatable bonds is 6. The van der Waals surface area contributed by atoms with Gasteiger partial charge in [-0.3, -0.25) is 24.2 Å². The van der Waals surface area contributed by atoms with Crippen molar-refractivity contribution in [1.82, 2.24) is 25.8 Å². The lowest BCUT2D eigenvalue weighted by Crippen LogP contribution is -2.62. The third kappa shape index (κ3) is 6.92. The first kappa shape index (κ1) is 28.3. The van der Waals surface area contributed by atoms with Gasteiger partial charge in [-0.25, -0.2) is 0 Å². The zero-order valence-corrected chi connectivity index (χ0v) is 23.2. The van der Waals surface area contributed by atoms with Crippen molar-refractivity contribution in [2.75, 3.05) is 6.54 Å². The van der Waals surface area contributed by atoms with Crippen molar-refractivity contribution in [2.45, 2.75) is 56.3 Å². The molecule has 0 spiro atoms. The topological polar surface area (TPSA) is 120 Å². The molecule has 3 heterocycles. The molecule has 41 heavy (non-hydrogen) atoms. The Morgan fingerprint density at radius 2 is 1.37 bits per heavy atom. The van der Waals surface area contributed by atoms with Crippen LogP contribution < -0.4 is 16.0 Å². The van der Waals surface area contributed by atoms with E-state index in [0.29, 0.717) is 30.0 Å². The van der Waals surface area contributed by atoms with Crippen molar-refractivity contribution in [2.24, 2.45) is 0 Å². The molecule has 1 aromatic heterocycles. The summed E-state index contributed by atoms with van der Waals surface area (Å²) >= 11 is 6.41. The summed E-state index contributed by atoms with van der Waals surface area (Å²) in [4.78, 5) is 60.6. The summed E-state index contributed by atoms with van der Waals surface area (Å²) in [6.45, 7) is 0.384. The van der Waals surface area contributed by atoms with Crippen molar-refractivity contribution in [1.29, 1.82) is 0 Å². The number of benzene rings is 2. The number of carbonyl (C=O) groups excluding carboxylic acids is 4. The second-order valence-corrected chi connectivity index (χ2v) is 10.8. The summed E-state index contributed by atoms with van der Waals surface area (Å²) in [5, 5.41) is 9.08. The van der Waals surface area contributed by atoms with Crippen molar-refractivity contribution < 1.29 is 19.2 Å². The molecule has 9 nitrogen and oxygen atoms in total. The fraction of sp³-hybridized carbons (Fsp3) is 0.323. The summed E-state index contributed by atoms with van der Waals surface area (Å²) in [6.07, 6.45) is 4.90. The Hall–Kier alpha value is -4.24. The lowest BCUT2D eigenvalue weighted by molar-refractivity contribution is -0.143. The van der Waals surface area contributed by atoms with E-state index < -0.39 is 36.0 Å². The number of halogens is 1. The number of aromatic nitrogens is 1. The smallest absolute Gasteiger partial charge is 0.246 e. The molecule has 0 saturated carbocycles. The Bertz CT molecular complexity index is 1400. The largest absolute Gasteiger partial charge is 0.342 e. The molecular formula is C31H32ClN5O4. The first-order valence-corrected chi connectivity index (χ1v) is 14.1. The van der Waals surface area contributed by atoms with Crippen molar-refractivity contribution in [3.63, 3.8) is 0 Å². The molecule has 0 unspecified atom stereocenters. The number of pyridine rings is 1. The summed E-state index contributed by atoms with van der Waals surface area (Å²) < 4.78 is 0. The van der Waals surface area contributed by atoms with Gasteiger partial charge in [-0.1, -0.05) is 66.2 Å². The highest BCUT2D eigenvalue weighted by Crippen LogP contribution is 2.22. The number of amides is 4. The molecule has 3 N–H and O–H groups in total. The molecule has 4 amide bonds. The number of nitrogens with zero attached hydrogens (tertiary/aromatic N) is 2. The van der Waals surface area contributed by atoms with Gasteiger partial charge in [0, 0.05) is 43.2 Å². The molecule has 0 bridgehead atoms. The average molecular weight is 574 g/mol. The van der Waals surface area contributed by atoms with E-state index in [1.54, 1.807) is 42.7 Å². The highest BCUT2D eigenvalue weighted by atomic mass is 35.5. The minimum atomic E-state index is -1.05. The number of hydrogen-bond acceptors (Lipinski definition) is 5. The second-order valence-electron chi connectivity index (χ2n) is 10.4. The van der Waals surface area contributed by atoms with Crippen LogP contribution in [0.4, 0.5) is 0 Å². The summed E-state index contributed by atoms with van der Waals surface area (Å²) in [7, 11) is 0. The van der Waals surface area contributed by atoms with Gasteiger partial charge in [0.1, 0.15) is 24.2 Å². The minimum absolute atomic E-state index is 0.101. The molecule has 0 aliphatic carbocycles. The van der Waals surface area contributed by atoms with Crippen LogP contribution in [0.1, 0.15) is 29.5 Å². The predicted octanol–water partition coefficient (Wildman–Crippen LogP) is 2.22. The Kier molecular flexibility index (Phi) is 8.94. The third-order valence-electron chi connectivity index (χ3n) is 7.55. The van der Waals surface area contributed by atoms with E-state index in [-0.39, 0.29) is 31.1 Å². The van der Waals surface area contributed by atoms with Crippen molar-refractivity contribution in [3.05, 3.63) is 101 Å². The van der Waals surface area contributed by atoms with Crippen LogP contribution in [0.25, 0.3) is 0 Å². The monoisotopic (exact) mass is 573 g/mol. The van der Waals surface area contributed by atoms with Gasteiger partial charge in [0.2, 0.25) is 23.6 Å². The zero-order valence-electron chi connectivity index (χ0n) is 22.5. The Morgan fingerprint density at radius 3 is 2.10 bits per heavy atom. The Balaban J connectivity index is 1.50. The predicted molar refractivity (Wildman–Crippen MR) is 154 cm³/mol. The summed E-state index contributed by atoms with van der Waals surface area (Å²) in [6, 6.07) is 16.3. The van der Waals surface area contributed by atoms with E-state index in [1.165, 1.54) is 4.90 Å². The van der Waals surface area contributed by atoms with Gasteiger partial charge in [-0.05, 0) is 41.7 Å². The molecule has 3 aromatic rings. The number of hydrogen-bond donors (Lipinski definition) is 3. The molecule has 212 valence electrons. The quantitative estimate of drug-likeness (QED) is 0.418. The highest BCUT2D eigenvalue weighted by molar-refractivity contribution is 6.31. The molecule has 4 atom stereocenters. The summed E-state index contributed by atoms with van der Waals surface area (Å²) in [5.41, 5.74) is 2.27. The lowest BCUT2D eigenvalue weighted by atomic mass is 10.00. The molecular weight excluding hydrogens is 542 g/mol. The maximum atomic E-state index is 13.9. The van der Waals surface area contributed by atoms with Gasteiger partial charge < -0.3 is 20.9 Å². The third-order valence-corrected chi connectivity index (χ3v) is 7.91. The van der Waals surface area contributed by atoms with Crippen LogP contribution in [0.3, 0.4) is 0 Å². The van der Waals surface area contributed by atoms with E-state index in [2.05, 4.69) is 20.9 Å². The zero-order chi connectivity index (χ0) is 28.8. The number of fused-ring (bicyclic) bond motifs is 1. The van der Waals surface area contributed by atoms with Gasteiger partial charge in [-0.2, -0.15) is 0 Å². The van der Waals surface area contributed by atoms with Gasteiger partial charge in [0.05, 0.1) is 0 Å². The lowest BCUT2D eigenvalue weighted by Gasteiger charge is -2.32. The molecule has 2 aliphatic rings.